The second-order valence-electron chi connectivity index (χ2n) is 5.75. The molecule has 0 aromatic heterocycles. The summed E-state index contributed by atoms with van der Waals surface area (Å²) in [6.07, 6.45) is 4.77. The fourth-order valence-corrected chi connectivity index (χ4v) is 2.97. The molecule has 2 heterocycles. The minimum absolute atomic E-state index is 0.0442. The maximum absolute atomic E-state index is 12.1. The quantitative estimate of drug-likeness (QED) is 0.892. The van der Waals surface area contributed by atoms with Gasteiger partial charge in [-0.05, 0) is 43.9 Å². The summed E-state index contributed by atoms with van der Waals surface area (Å²) in [5.41, 5.74) is 1.95. The summed E-state index contributed by atoms with van der Waals surface area (Å²) >= 11 is 0. The van der Waals surface area contributed by atoms with Gasteiger partial charge in [0.25, 0.3) is 0 Å². The number of benzene rings is 1. The first-order chi connectivity index (χ1) is 10.2. The number of nitrogens with one attached hydrogen (secondary N) is 2. The van der Waals surface area contributed by atoms with Crippen LogP contribution < -0.4 is 15.5 Å². The van der Waals surface area contributed by atoms with Crippen LogP contribution in [-0.2, 0) is 9.59 Å². The number of nitrogens with zero attached hydrogens (tertiary/aromatic N) is 1. The summed E-state index contributed by atoms with van der Waals surface area (Å²) in [6, 6.07) is 7.56. The van der Waals surface area contributed by atoms with Gasteiger partial charge in [0, 0.05) is 30.9 Å². The molecule has 0 bridgehead atoms. The Morgan fingerprint density at radius 1 is 1.24 bits per heavy atom. The Kier molecular flexibility index (Phi) is 4.08. The Bertz CT molecular complexity index is 538. The highest BCUT2D eigenvalue weighted by molar-refractivity contribution is 5.99. The molecule has 2 saturated heterocycles. The Morgan fingerprint density at radius 2 is 2.05 bits per heavy atom. The standard InChI is InChI=1S/C16H21N3O2/c20-15-8-7-14(18-15)16(21)17-12-5-4-6-13(11-12)19-9-2-1-3-10-19/h4-6,11,14H,1-3,7-10H2,(H,17,21)(H,18,20). The Balaban J connectivity index is 1.65. The summed E-state index contributed by atoms with van der Waals surface area (Å²) in [5, 5.41) is 5.59. The van der Waals surface area contributed by atoms with Crippen LogP contribution in [0.4, 0.5) is 11.4 Å². The molecular weight excluding hydrogens is 266 g/mol. The van der Waals surface area contributed by atoms with Gasteiger partial charge in [-0.15, -0.1) is 0 Å². The largest absolute Gasteiger partial charge is 0.371 e. The van der Waals surface area contributed by atoms with Gasteiger partial charge in [0.1, 0.15) is 6.04 Å². The van der Waals surface area contributed by atoms with Crippen molar-refractivity contribution in [3.63, 3.8) is 0 Å². The molecule has 3 rings (SSSR count). The van der Waals surface area contributed by atoms with Gasteiger partial charge < -0.3 is 15.5 Å². The van der Waals surface area contributed by atoms with E-state index in [9.17, 15) is 9.59 Å². The first kappa shape index (κ1) is 13.9. The minimum Gasteiger partial charge on any atom is -0.371 e. The third-order valence-electron chi connectivity index (χ3n) is 4.15. The van der Waals surface area contributed by atoms with Gasteiger partial charge in [0.15, 0.2) is 0 Å². The Hall–Kier alpha value is -2.04. The molecular formula is C16H21N3O2. The molecule has 2 N–H and O–H groups in total. The Morgan fingerprint density at radius 3 is 2.76 bits per heavy atom. The lowest BCUT2D eigenvalue weighted by atomic mass is 10.1. The van der Waals surface area contributed by atoms with Gasteiger partial charge in [-0.25, -0.2) is 0 Å². The van der Waals surface area contributed by atoms with Crippen LogP contribution in [0.3, 0.4) is 0 Å². The minimum atomic E-state index is -0.392. The predicted octanol–water partition coefficient (Wildman–Crippen LogP) is 1.89. The smallest absolute Gasteiger partial charge is 0.246 e. The van der Waals surface area contributed by atoms with Crippen LogP contribution in [-0.4, -0.2) is 30.9 Å². The fourth-order valence-electron chi connectivity index (χ4n) is 2.97. The SMILES string of the molecule is O=C1CCC(C(=O)Nc2cccc(N3CCCCC3)c2)N1. The normalized spacial score (nSPS) is 22.0. The highest BCUT2D eigenvalue weighted by Gasteiger charge is 2.27. The zero-order chi connectivity index (χ0) is 14.7. The van der Waals surface area contributed by atoms with Gasteiger partial charge in [0.2, 0.25) is 11.8 Å². The van der Waals surface area contributed by atoms with Crippen molar-refractivity contribution >= 4 is 23.2 Å². The average Bonchev–Trinajstić information content (AvgIpc) is 2.95. The molecule has 5 heteroatoms. The van der Waals surface area contributed by atoms with Gasteiger partial charge in [-0.1, -0.05) is 6.07 Å². The van der Waals surface area contributed by atoms with E-state index in [1.54, 1.807) is 0 Å². The zero-order valence-corrected chi connectivity index (χ0v) is 12.1. The number of hydrogen-bond acceptors (Lipinski definition) is 3. The molecule has 0 radical (unpaired) electrons. The zero-order valence-electron chi connectivity index (χ0n) is 12.1. The lowest BCUT2D eigenvalue weighted by Crippen LogP contribution is -2.37. The molecule has 1 aromatic rings. The van der Waals surface area contributed by atoms with Crippen molar-refractivity contribution in [1.82, 2.24) is 5.32 Å². The van der Waals surface area contributed by atoms with Crippen LogP contribution in [0, 0.1) is 0 Å². The number of amides is 2. The fraction of sp³-hybridized carbons (Fsp3) is 0.500. The maximum Gasteiger partial charge on any atom is 0.246 e. The number of piperidine rings is 1. The van der Waals surface area contributed by atoms with E-state index in [-0.39, 0.29) is 11.8 Å². The summed E-state index contributed by atoms with van der Waals surface area (Å²) in [4.78, 5) is 25.6. The first-order valence-corrected chi connectivity index (χ1v) is 7.67. The monoisotopic (exact) mass is 287 g/mol. The number of rotatable bonds is 3. The molecule has 0 spiro atoms. The maximum atomic E-state index is 12.1. The molecule has 2 aliphatic heterocycles. The third kappa shape index (κ3) is 3.35. The predicted molar refractivity (Wildman–Crippen MR) is 82.3 cm³/mol. The van der Waals surface area contributed by atoms with Crippen molar-refractivity contribution in [3.8, 4) is 0 Å². The van der Waals surface area contributed by atoms with Crippen molar-refractivity contribution in [3.05, 3.63) is 24.3 Å². The van der Waals surface area contributed by atoms with E-state index in [1.165, 1.54) is 19.3 Å². The van der Waals surface area contributed by atoms with E-state index < -0.39 is 6.04 Å². The van der Waals surface area contributed by atoms with E-state index in [4.69, 9.17) is 0 Å². The summed E-state index contributed by atoms with van der Waals surface area (Å²) in [6.45, 7) is 2.16. The van der Waals surface area contributed by atoms with E-state index >= 15 is 0 Å². The number of anilines is 2. The van der Waals surface area contributed by atoms with Crippen molar-refractivity contribution in [2.24, 2.45) is 0 Å². The van der Waals surface area contributed by atoms with Gasteiger partial charge in [-0.3, -0.25) is 9.59 Å². The van der Waals surface area contributed by atoms with Crippen LogP contribution >= 0.6 is 0 Å². The van der Waals surface area contributed by atoms with Crippen LogP contribution in [0.2, 0.25) is 0 Å². The van der Waals surface area contributed by atoms with Crippen molar-refractivity contribution in [2.45, 2.75) is 38.1 Å². The summed E-state index contributed by atoms with van der Waals surface area (Å²) in [5.74, 6) is -0.172. The molecule has 2 amide bonds. The van der Waals surface area contributed by atoms with Crippen LogP contribution in [0.15, 0.2) is 24.3 Å². The van der Waals surface area contributed by atoms with Crippen molar-refractivity contribution in [2.75, 3.05) is 23.3 Å². The molecule has 2 aliphatic rings. The number of hydrogen-bond donors (Lipinski definition) is 2. The third-order valence-corrected chi connectivity index (χ3v) is 4.15. The van der Waals surface area contributed by atoms with Gasteiger partial charge >= 0.3 is 0 Å². The van der Waals surface area contributed by atoms with Crippen molar-refractivity contribution in [1.29, 1.82) is 0 Å². The van der Waals surface area contributed by atoms with Crippen molar-refractivity contribution < 1.29 is 9.59 Å². The van der Waals surface area contributed by atoms with E-state index in [2.05, 4.69) is 21.6 Å². The lowest BCUT2D eigenvalue weighted by molar-refractivity contribution is -0.122. The molecule has 1 aromatic carbocycles. The molecule has 0 saturated carbocycles. The summed E-state index contributed by atoms with van der Waals surface area (Å²) < 4.78 is 0. The van der Waals surface area contributed by atoms with Crippen LogP contribution in [0.1, 0.15) is 32.1 Å². The molecule has 5 nitrogen and oxygen atoms in total. The van der Waals surface area contributed by atoms with Crippen LogP contribution in [0.25, 0.3) is 0 Å². The molecule has 21 heavy (non-hydrogen) atoms. The first-order valence-electron chi connectivity index (χ1n) is 7.67. The molecule has 1 unspecified atom stereocenters. The molecule has 2 fully saturated rings. The lowest BCUT2D eigenvalue weighted by Gasteiger charge is -2.29. The highest BCUT2D eigenvalue weighted by Crippen LogP contribution is 2.23. The summed E-state index contributed by atoms with van der Waals surface area (Å²) in [7, 11) is 0. The Labute approximate surface area is 124 Å². The highest BCUT2D eigenvalue weighted by atomic mass is 16.2. The number of carbonyl (C=O) groups is 2. The van der Waals surface area contributed by atoms with E-state index in [1.807, 2.05) is 18.2 Å². The van der Waals surface area contributed by atoms with E-state index in [0.29, 0.717) is 12.8 Å². The molecule has 0 aliphatic carbocycles. The van der Waals surface area contributed by atoms with Gasteiger partial charge in [-0.2, -0.15) is 0 Å². The van der Waals surface area contributed by atoms with E-state index in [0.717, 1.165) is 24.5 Å². The number of carbonyl (C=O) groups excluding carboxylic acids is 2. The average molecular weight is 287 g/mol. The van der Waals surface area contributed by atoms with Gasteiger partial charge in [0.05, 0.1) is 0 Å². The second kappa shape index (κ2) is 6.16. The topological polar surface area (TPSA) is 61.4 Å². The molecule has 112 valence electrons. The van der Waals surface area contributed by atoms with Crippen LogP contribution in [0.5, 0.6) is 0 Å². The second-order valence-corrected chi connectivity index (χ2v) is 5.75. The molecule has 1 atom stereocenters.